The SMILES string of the molecule is CCC(CC)n1cc(-c2nc(-c3cn(C4CC(CO)C4)nc3CCC(CC)n3cc(-c4nc(-c5cnn(C6CC(C(=O)N(C)C)C6)c5)cn5nccc45)cn3)cn3nccc23)cn1. The van der Waals surface area contributed by atoms with Gasteiger partial charge in [0.25, 0.3) is 0 Å². The zero-order chi connectivity index (χ0) is 43.4. The van der Waals surface area contributed by atoms with Crippen LogP contribution in [-0.4, -0.2) is 105 Å². The van der Waals surface area contributed by atoms with Crippen molar-refractivity contribution in [3.05, 3.63) is 86.0 Å². The molecule has 0 saturated heterocycles. The number of carbonyl (C=O) groups excluding carboxylic acids is 1. The van der Waals surface area contributed by atoms with Gasteiger partial charge in [0, 0.05) is 73.7 Å². The highest BCUT2D eigenvalue weighted by Gasteiger charge is 2.37. The van der Waals surface area contributed by atoms with E-state index in [1.165, 1.54) is 0 Å². The summed E-state index contributed by atoms with van der Waals surface area (Å²) in [6.07, 6.45) is 29.3. The number of aryl methyl sites for hydroxylation is 1. The van der Waals surface area contributed by atoms with Crippen molar-refractivity contribution in [1.29, 1.82) is 0 Å². The average Bonchev–Trinajstić information content (AvgIpc) is 4.11. The molecule has 63 heavy (non-hydrogen) atoms. The molecule has 2 saturated carbocycles. The van der Waals surface area contributed by atoms with E-state index in [2.05, 4.69) is 68.7 Å². The van der Waals surface area contributed by atoms with Gasteiger partial charge in [0.1, 0.15) is 0 Å². The summed E-state index contributed by atoms with van der Waals surface area (Å²) in [4.78, 5) is 24.6. The predicted molar refractivity (Wildman–Crippen MR) is 237 cm³/mol. The quantitative estimate of drug-likeness (QED) is 0.105. The lowest BCUT2D eigenvalue weighted by Gasteiger charge is -2.35. The van der Waals surface area contributed by atoms with E-state index in [-0.39, 0.29) is 36.6 Å². The van der Waals surface area contributed by atoms with Crippen LogP contribution in [0, 0.1) is 11.8 Å². The molecule has 0 aliphatic heterocycles. The van der Waals surface area contributed by atoms with Gasteiger partial charge in [-0.05, 0) is 75.8 Å². The molecule has 8 heterocycles. The van der Waals surface area contributed by atoms with Crippen molar-refractivity contribution >= 4 is 16.9 Å². The molecule has 326 valence electrons. The van der Waals surface area contributed by atoms with E-state index in [1.54, 1.807) is 11.1 Å². The Morgan fingerprint density at radius 3 is 1.90 bits per heavy atom. The van der Waals surface area contributed by atoms with Crippen molar-refractivity contribution in [2.75, 3.05) is 20.7 Å². The molecule has 8 aromatic rings. The number of rotatable bonds is 16. The Kier molecular flexibility index (Phi) is 10.7. The molecule has 17 nitrogen and oxygen atoms in total. The maximum absolute atomic E-state index is 12.4. The summed E-state index contributed by atoms with van der Waals surface area (Å²) in [5, 5.41) is 38.6. The summed E-state index contributed by atoms with van der Waals surface area (Å²) < 4.78 is 12.0. The number of aromatic nitrogens is 14. The number of amides is 1. The van der Waals surface area contributed by atoms with E-state index in [0.29, 0.717) is 18.4 Å². The molecule has 2 fully saturated rings. The Bertz CT molecular complexity index is 2880. The second-order valence-corrected chi connectivity index (χ2v) is 17.7. The molecule has 0 aromatic carbocycles. The largest absolute Gasteiger partial charge is 0.396 e. The van der Waals surface area contributed by atoms with Gasteiger partial charge in [0.05, 0.1) is 107 Å². The summed E-state index contributed by atoms with van der Waals surface area (Å²) in [7, 11) is 3.62. The van der Waals surface area contributed by atoms with E-state index in [4.69, 9.17) is 25.3 Å². The van der Waals surface area contributed by atoms with E-state index in [0.717, 1.165) is 113 Å². The van der Waals surface area contributed by atoms with Gasteiger partial charge < -0.3 is 10.0 Å². The number of fused-ring (bicyclic) bond motifs is 2. The summed E-state index contributed by atoms with van der Waals surface area (Å²) >= 11 is 0. The summed E-state index contributed by atoms with van der Waals surface area (Å²) in [6, 6.07) is 4.82. The maximum Gasteiger partial charge on any atom is 0.225 e. The van der Waals surface area contributed by atoms with Gasteiger partial charge in [-0.25, -0.2) is 19.0 Å². The first-order chi connectivity index (χ1) is 30.7. The lowest BCUT2D eigenvalue weighted by atomic mass is 9.79. The molecular formula is C46H55N15O2. The number of aliphatic hydroxyl groups is 1. The van der Waals surface area contributed by atoms with Crippen molar-refractivity contribution in [1.82, 2.24) is 73.2 Å². The minimum atomic E-state index is 0.0442. The molecule has 0 bridgehead atoms. The van der Waals surface area contributed by atoms with E-state index >= 15 is 0 Å². The number of aliphatic hydroxyl groups excluding tert-OH is 1. The molecule has 1 atom stereocenters. The standard InChI is InChI=1S/C46H55N15O2/c1-6-34(7-2)56-23-32(20-50-56)45-43-12-14-48-61(43)27-41(53-45)38-25-59(36-15-29(16-36)28-62)54-39(38)10-9-35(8-3)57-24-33(21-51-57)44-42-11-13-47-60(42)26-40(52-44)31-19-49-58(22-31)37-17-30(18-37)46(63)55(4)5/h11-14,19-27,29-30,34-37,62H,6-10,15-18,28H2,1-5H3. The van der Waals surface area contributed by atoms with Crippen LogP contribution in [0.25, 0.3) is 56.1 Å². The third-order valence-corrected chi connectivity index (χ3v) is 13.5. The van der Waals surface area contributed by atoms with E-state index in [9.17, 15) is 9.90 Å². The Balaban J connectivity index is 0.919. The molecule has 8 aromatic heterocycles. The molecule has 1 unspecified atom stereocenters. The van der Waals surface area contributed by atoms with Crippen LogP contribution >= 0.6 is 0 Å². The van der Waals surface area contributed by atoms with E-state index in [1.807, 2.05) is 83.3 Å². The first-order valence-electron chi connectivity index (χ1n) is 22.4. The van der Waals surface area contributed by atoms with Gasteiger partial charge in [-0.3, -0.25) is 23.5 Å². The molecule has 0 spiro atoms. The second kappa shape index (κ2) is 16.7. The van der Waals surface area contributed by atoms with Crippen molar-refractivity contribution in [3.8, 4) is 45.0 Å². The molecule has 0 radical (unpaired) electrons. The highest BCUT2D eigenvalue weighted by Crippen LogP contribution is 2.41. The molecule has 10 rings (SSSR count). The van der Waals surface area contributed by atoms with Crippen LogP contribution in [0.2, 0.25) is 0 Å². The van der Waals surface area contributed by atoms with Gasteiger partial charge in [0.15, 0.2) is 0 Å². The monoisotopic (exact) mass is 849 g/mol. The molecule has 2 aliphatic carbocycles. The van der Waals surface area contributed by atoms with Crippen molar-refractivity contribution in [3.63, 3.8) is 0 Å². The zero-order valence-electron chi connectivity index (χ0n) is 36.6. The van der Waals surface area contributed by atoms with Crippen LogP contribution in [0.3, 0.4) is 0 Å². The fourth-order valence-corrected chi connectivity index (χ4v) is 9.48. The second-order valence-electron chi connectivity index (χ2n) is 17.7. The van der Waals surface area contributed by atoms with Gasteiger partial charge >= 0.3 is 0 Å². The fraction of sp³-hybridized carbons (Fsp3) is 0.457. The zero-order valence-corrected chi connectivity index (χ0v) is 36.6. The Morgan fingerprint density at radius 2 is 1.29 bits per heavy atom. The molecular weight excluding hydrogens is 795 g/mol. The number of nitrogens with zero attached hydrogens (tertiary/aromatic N) is 15. The Hall–Kier alpha value is -6.49. The van der Waals surface area contributed by atoms with Crippen LogP contribution in [0.4, 0.5) is 0 Å². The van der Waals surface area contributed by atoms with Crippen molar-refractivity contribution in [2.24, 2.45) is 11.8 Å². The fourth-order valence-electron chi connectivity index (χ4n) is 9.48. The van der Waals surface area contributed by atoms with Crippen LogP contribution < -0.4 is 0 Å². The van der Waals surface area contributed by atoms with Gasteiger partial charge in [-0.1, -0.05) is 20.8 Å². The predicted octanol–water partition coefficient (Wildman–Crippen LogP) is 7.15. The molecule has 2 aliphatic rings. The van der Waals surface area contributed by atoms with Gasteiger partial charge in [-0.15, -0.1) is 0 Å². The van der Waals surface area contributed by atoms with Crippen LogP contribution in [-0.2, 0) is 11.2 Å². The smallest absolute Gasteiger partial charge is 0.225 e. The summed E-state index contributed by atoms with van der Waals surface area (Å²) in [6.45, 7) is 6.78. The highest BCUT2D eigenvalue weighted by atomic mass is 16.3. The number of carbonyl (C=O) groups is 1. The average molecular weight is 850 g/mol. The molecule has 1 N–H and O–H groups in total. The minimum absolute atomic E-state index is 0.0442. The first kappa shape index (κ1) is 40.6. The molecule has 1 amide bonds. The van der Waals surface area contributed by atoms with Gasteiger partial charge in [0.2, 0.25) is 5.91 Å². The minimum Gasteiger partial charge on any atom is -0.396 e. The maximum atomic E-state index is 12.4. The third-order valence-electron chi connectivity index (χ3n) is 13.5. The summed E-state index contributed by atoms with van der Waals surface area (Å²) in [5.74, 6) is 0.525. The topological polar surface area (TPSA) is 172 Å². The Morgan fingerprint density at radius 1 is 0.698 bits per heavy atom. The van der Waals surface area contributed by atoms with Crippen molar-refractivity contribution < 1.29 is 9.90 Å². The third kappa shape index (κ3) is 7.51. The summed E-state index contributed by atoms with van der Waals surface area (Å²) in [5.41, 5.74) is 9.73. The van der Waals surface area contributed by atoms with Crippen molar-refractivity contribution in [2.45, 2.75) is 103 Å². The Labute approximate surface area is 365 Å². The van der Waals surface area contributed by atoms with E-state index < -0.39 is 0 Å². The lowest BCUT2D eigenvalue weighted by Crippen LogP contribution is -2.39. The normalized spacial score (nSPS) is 19.2. The van der Waals surface area contributed by atoms with Gasteiger partial charge in [-0.2, -0.15) is 30.6 Å². The van der Waals surface area contributed by atoms with Crippen LogP contribution in [0.1, 0.15) is 102 Å². The highest BCUT2D eigenvalue weighted by molar-refractivity contribution is 5.80. The number of hydrogen-bond donors (Lipinski definition) is 1. The molecule has 17 heteroatoms. The van der Waals surface area contributed by atoms with Crippen LogP contribution in [0.15, 0.2) is 80.3 Å². The van der Waals surface area contributed by atoms with Crippen LogP contribution in [0.5, 0.6) is 0 Å². The number of hydrogen-bond acceptors (Lipinski definition) is 10. The lowest BCUT2D eigenvalue weighted by molar-refractivity contribution is -0.137. The first-order valence-corrected chi connectivity index (χ1v) is 22.4.